The second-order valence-corrected chi connectivity index (χ2v) is 12.2. The summed E-state index contributed by atoms with van der Waals surface area (Å²) in [5.41, 5.74) is 0. The quantitative estimate of drug-likeness (QED) is 0.0606. The number of halogens is 1. The van der Waals surface area contributed by atoms with Crippen molar-refractivity contribution in [2.24, 2.45) is 0 Å². The summed E-state index contributed by atoms with van der Waals surface area (Å²) in [7, 11) is 0. The minimum absolute atomic E-state index is 0.422. The third-order valence-corrected chi connectivity index (χ3v) is 8.21. The van der Waals surface area contributed by atoms with E-state index in [0.29, 0.717) is 6.61 Å². The van der Waals surface area contributed by atoms with Gasteiger partial charge in [0.2, 0.25) is 5.88 Å². The number of ether oxygens (including phenoxy) is 3. The highest BCUT2D eigenvalue weighted by molar-refractivity contribution is 14.1. The Labute approximate surface area is 255 Å². The van der Waals surface area contributed by atoms with Crippen LogP contribution in [-0.2, 0) is 9.47 Å². The molecule has 0 unspecified atom stereocenters. The van der Waals surface area contributed by atoms with Crippen molar-refractivity contribution in [3.8, 4) is 5.88 Å². The maximum atomic E-state index is 9.97. The molecule has 0 amide bonds. The molecule has 9 heteroatoms. The smallest absolute Gasteiger partial charge is 0.214 e. The first-order valence-corrected chi connectivity index (χ1v) is 16.8. The fraction of sp³-hybridized carbons (Fsp3) is 0.839. The molecule has 0 aliphatic carbocycles. The van der Waals surface area contributed by atoms with Crippen LogP contribution < -0.4 is 4.74 Å². The largest absolute Gasteiger partial charge is 0.478 e. The van der Waals surface area contributed by atoms with Crippen molar-refractivity contribution in [2.75, 3.05) is 19.8 Å². The molecular weight excluding hydrogens is 625 g/mol. The maximum Gasteiger partial charge on any atom is 0.214 e. The lowest BCUT2D eigenvalue weighted by molar-refractivity contribution is -0.301. The molecule has 1 aliphatic heterocycles. The Morgan fingerprint density at radius 2 is 1.12 bits per heavy atom. The molecule has 1 fully saturated rings. The number of nitrogens with zero attached hydrogens (tertiary/aromatic N) is 1. The summed E-state index contributed by atoms with van der Waals surface area (Å²) in [6.07, 6.45) is 16.8. The zero-order valence-corrected chi connectivity index (χ0v) is 26.5. The number of unbranched alkanes of at least 4 members (excludes halogenated alkanes) is 17. The van der Waals surface area contributed by atoms with Gasteiger partial charge in [-0.3, -0.25) is 0 Å². The van der Waals surface area contributed by atoms with Crippen LogP contribution in [0.15, 0.2) is 18.2 Å². The second kappa shape index (κ2) is 23.0. The van der Waals surface area contributed by atoms with E-state index >= 15 is 0 Å². The van der Waals surface area contributed by atoms with Crippen molar-refractivity contribution >= 4 is 22.6 Å². The molecule has 40 heavy (non-hydrogen) atoms. The van der Waals surface area contributed by atoms with Gasteiger partial charge < -0.3 is 34.6 Å². The first-order valence-electron chi connectivity index (χ1n) is 15.7. The third kappa shape index (κ3) is 15.6. The molecule has 8 nitrogen and oxygen atoms in total. The van der Waals surface area contributed by atoms with E-state index in [9.17, 15) is 20.4 Å². The predicted molar refractivity (Wildman–Crippen MR) is 165 cm³/mol. The lowest BCUT2D eigenvalue weighted by Crippen LogP contribution is -2.59. The van der Waals surface area contributed by atoms with Gasteiger partial charge in [-0.1, -0.05) is 109 Å². The molecule has 0 radical (unpaired) electrons. The molecule has 0 spiro atoms. The van der Waals surface area contributed by atoms with Gasteiger partial charge in [0.1, 0.15) is 28.1 Å². The zero-order valence-electron chi connectivity index (χ0n) is 24.3. The number of hydrogen-bond acceptors (Lipinski definition) is 8. The van der Waals surface area contributed by atoms with Gasteiger partial charge in [0.05, 0.1) is 13.2 Å². The van der Waals surface area contributed by atoms with Gasteiger partial charge in [-0.05, 0) is 41.5 Å². The Hall–Kier alpha value is -0.560. The van der Waals surface area contributed by atoms with Crippen LogP contribution in [0, 0.1) is 3.70 Å². The van der Waals surface area contributed by atoms with Crippen LogP contribution in [0.3, 0.4) is 0 Å². The SMILES string of the molecule is OC[C@H]1O[C@@H](OCCCCCCCCCCCCCCCCCCCCOc2cccc(I)n2)[C@H](O)[C@@H](O)[C@@H]1O. The van der Waals surface area contributed by atoms with Crippen molar-refractivity contribution in [3.05, 3.63) is 21.9 Å². The Morgan fingerprint density at radius 3 is 1.60 bits per heavy atom. The van der Waals surface area contributed by atoms with Gasteiger partial charge in [0, 0.05) is 12.7 Å². The first kappa shape index (κ1) is 35.6. The van der Waals surface area contributed by atoms with Crippen LogP contribution in [-0.4, -0.2) is 75.9 Å². The molecule has 2 heterocycles. The Morgan fingerprint density at radius 1 is 0.650 bits per heavy atom. The van der Waals surface area contributed by atoms with Crippen LogP contribution in [0.5, 0.6) is 5.88 Å². The van der Waals surface area contributed by atoms with Crippen LogP contribution >= 0.6 is 22.6 Å². The van der Waals surface area contributed by atoms with Crippen LogP contribution in [0.4, 0.5) is 0 Å². The van der Waals surface area contributed by atoms with E-state index in [1.807, 2.05) is 18.2 Å². The lowest BCUT2D eigenvalue weighted by atomic mass is 9.99. The van der Waals surface area contributed by atoms with Crippen molar-refractivity contribution in [2.45, 2.75) is 146 Å². The predicted octanol–water partition coefficient (Wildman–Crippen LogP) is 5.90. The molecule has 0 bridgehead atoms. The summed E-state index contributed by atoms with van der Waals surface area (Å²) in [5.74, 6) is 0.737. The van der Waals surface area contributed by atoms with E-state index in [0.717, 1.165) is 41.9 Å². The molecule has 1 aromatic rings. The van der Waals surface area contributed by atoms with Crippen LogP contribution in [0.1, 0.15) is 116 Å². The molecule has 1 aliphatic rings. The molecule has 1 saturated heterocycles. The molecule has 2 rings (SSSR count). The summed E-state index contributed by atoms with van der Waals surface area (Å²) in [6, 6.07) is 5.88. The Bertz CT molecular complexity index is 741. The van der Waals surface area contributed by atoms with Gasteiger partial charge >= 0.3 is 0 Å². The van der Waals surface area contributed by atoms with Crippen LogP contribution in [0.25, 0.3) is 0 Å². The van der Waals surface area contributed by atoms with Crippen LogP contribution in [0.2, 0.25) is 0 Å². The fourth-order valence-electron chi connectivity index (χ4n) is 5.08. The molecule has 232 valence electrons. The number of aliphatic hydroxyl groups excluding tert-OH is 4. The molecule has 1 aromatic heterocycles. The molecule has 5 atom stereocenters. The highest BCUT2D eigenvalue weighted by Gasteiger charge is 2.43. The average Bonchev–Trinajstić information content (AvgIpc) is 2.95. The summed E-state index contributed by atoms with van der Waals surface area (Å²) in [6.45, 7) is 0.752. The first-order chi connectivity index (χ1) is 19.5. The van der Waals surface area contributed by atoms with E-state index in [2.05, 4.69) is 27.6 Å². The lowest BCUT2D eigenvalue weighted by Gasteiger charge is -2.39. The third-order valence-electron chi connectivity index (χ3n) is 7.61. The van der Waals surface area contributed by atoms with E-state index in [-0.39, 0.29) is 0 Å². The van der Waals surface area contributed by atoms with E-state index in [4.69, 9.17) is 14.2 Å². The zero-order chi connectivity index (χ0) is 28.8. The second-order valence-electron chi connectivity index (χ2n) is 11.1. The van der Waals surface area contributed by atoms with Gasteiger partial charge in [-0.25, -0.2) is 4.98 Å². The number of aromatic nitrogens is 1. The minimum atomic E-state index is -1.38. The Balaban J connectivity index is 1.25. The van der Waals surface area contributed by atoms with Crippen molar-refractivity contribution < 1.29 is 34.6 Å². The Kier molecular flexibility index (Phi) is 20.5. The summed E-state index contributed by atoms with van der Waals surface area (Å²) >= 11 is 2.21. The minimum Gasteiger partial charge on any atom is -0.478 e. The highest BCUT2D eigenvalue weighted by atomic mass is 127. The van der Waals surface area contributed by atoms with Crippen molar-refractivity contribution in [1.82, 2.24) is 4.98 Å². The summed E-state index contributed by atoms with van der Waals surface area (Å²) in [4.78, 5) is 4.35. The van der Waals surface area contributed by atoms with Gasteiger partial charge in [-0.15, -0.1) is 0 Å². The topological polar surface area (TPSA) is 122 Å². The average molecular weight is 680 g/mol. The number of pyridine rings is 1. The van der Waals surface area contributed by atoms with Gasteiger partial charge in [-0.2, -0.15) is 0 Å². The number of rotatable bonds is 24. The molecule has 4 N–H and O–H groups in total. The summed E-state index contributed by atoms with van der Waals surface area (Å²) < 4.78 is 17.6. The molecule has 0 aromatic carbocycles. The highest BCUT2D eigenvalue weighted by Crippen LogP contribution is 2.22. The monoisotopic (exact) mass is 679 g/mol. The van der Waals surface area contributed by atoms with E-state index in [1.54, 1.807) is 0 Å². The normalized spacial score (nSPS) is 23.0. The van der Waals surface area contributed by atoms with E-state index in [1.165, 1.54) is 89.9 Å². The molecular formula is C31H54INO7. The van der Waals surface area contributed by atoms with Gasteiger partial charge in [0.25, 0.3) is 0 Å². The number of hydrogen-bond donors (Lipinski definition) is 4. The van der Waals surface area contributed by atoms with Crippen molar-refractivity contribution in [1.29, 1.82) is 0 Å². The van der Waals surface area contributed by atoms with Crippen molar-refractivity contribution in [3.63, 3.8) is 0 Å². The standard InChI is InChI=1S/C31H54INO7/c32-26-20-19-21-27(33-26)38-22-17-15-13-11-9-7-5-3-1-2-4-6-8-10-12-14-16-18-23-39-31-30(37)29(36)28(35)25(24-34)40-31/h19-21,25,28-31,34-37H,1-18,22-24H2/t25-,28-,29+,30-,31-/m1/s1. The summed E-state index contributed by atoms with van der Waals surface area (Å²) in [5, 5.41) is 38.8. The molecule has 0 saturated carbocycles. The maximum absolute atomic E-state index is 9.97. The van der Waals surface area contributed by atoms with Gasteiger partial charge in [0.15, 0.2) is 6.29 Å². The number of aliphatic hydroxyl groups is 4. The van der Waals surface area contributed by atoms with E-state index < -0.39 is 37.3 Å². The fourth-order valence-corrected chi connectivity index (χ4v) is 5.53.